The normalized spacial score (nSPS) is 10.9. The first-order chi connectivity index (χ1) is 13.2. The standard InChI is InChI=1S/C21H18N4O2/c1-27-20-10-6-5-9-19(20)24-21(26)18(12-22)11-17-13-23-25(15-17)14-16-7-3-2-4-8-16/h2-11,13,15H,14H2,1H3,(H,24,26)/b18-11+. The average Bonchev–Trinajstić information content (AvgIpc) is 3.14. The highest BCUT2D eigenvalue weighted by atomic mass is 16.5. The van der Waals surface area contributed by atoms with E-state index in [2.05, 4.69) is 10.4 Å². The van der Waals surface area contributed by atoms with Gasteiger partial charge in [-0.15, -0.1) is 0 Å². The van der Waals surface area contributed by atoms with Crippen LogP contribution in [0.2, 0.25) is 0 Å². The molecule has 0 bridgehead atoms. The number of nitriles is 1. The van der Waals surface area contributed by atoms with Gasteiger partial charge in [0.2, 0.25) is 0 Å². The molecular weight excluding hydrogens is 340 g/mol. The van der Waals surface area contributed by atoms with E-state index in [-0.39, 0.29) is 5.57 Å². The third-order valence-corrected chi connectivity index (χ3v) is 3.87. The minimum Gasteiger partial charge on any atom is -0.495 e. The van der Waals surface area contributed by atoms with Gasteiger partial charge < -0.3 is 10.1 Å². The number of anilines is 1. The molecule has 1 N–H and O–H groups in total. The van der Waals surface area contributed by atoms with Crippen molar-refractivity contribution in [1.82, 2.24) is 9.78 Å². The van der Waals surface area contributed by atoms with Crippen molar-refractivity contribution in [3.63, 3.8) is 0 Å². The van der Waals surface area contributed by atoms with Gasteiger partial charge in [-0.2, -0.15) is 10.4 Å². The number of para-hydroxylation sites is 2. The summed E-state index contributed by atoms with van der Waals surface area (Å²) in [5.41, 5.74) is 2.29. The first-order valence-electron chi connectivity index (χ1n) is 8.32. The van der Waals surface area contributed by atoms with Crippen LogP contribution in [-0.2, 0) is 11.3 Å². The van der Waals surface area contributed by atoms with Gasteiger partial charge in [-0.1, -0.05) is 42.5 Å². The Morgan fingerprint density at radius 2 is 1.96 bits per heavy atom. The van der Waals surface area contributed by atoms with E-state index in [9.17, 15) is 10.1 Å². The molecule has 0 fully saturated rings. The summed E-state index contributed by atoms with van der Waals surface area (Å²) in [4.78, 5) is 12.4. The highest BCUT2D eigenvalue weighted by molar-refractivity contribution is 6.10. The summed E-state index contributed by atoms with van der Waals surface area (Å²) in [6.45, 7) is 0.615. The molecule has 0 saturated carbocycles. The second-order valence-corrected chi connectivity index (χ2v) is 5.78. The van der Waals surface area contributed by atoms with Crippen molar-refractivity contribution in [2.75, 3.05) is 12.4 Å². The molecule has 1 aromatic heterocycles. The fourth-order valence-corrected chi connectivity index (χ4v) is 2.56. The average molecular weight is 358 g/mol. The van der Waals surface area contributed by atoms with Gasteiger partial charge >= 0.3 is 0 Å². The number of amides is 1. The number of ether oxygens (including phenoxy) is 1. The molecule has 2 aromatic carbocycles. The molecule has 0 radical (unpaired) electrons. The maximum absolute atomic E-state index is 12.4. The van der Waals surface area contributed by atoms with Crippen LogP contribution in [-0.4, -0.2) is 22.8 Å². The number of carbonyl (C=O) groups is 1. The molecule has 134 valence electrons. The molecule has 0 spiro atoms. The van der Waals surface area contributed by atoms with Gasteiger partial charge in [0, 0.05) is 11.8 Å². The lowest BCUT2D eigenvalue weighted by Gasteiger charge is -2.08. The Labute approximate surface area is 157 Å². The molecular formula is C21H18N4O2. The quantitative estimate of drug-likeness (QED) is 0.540. The topological polar surface area (TPSA) is 79.9 Å². The number of hydrogen-bond acceptors (Lipinski definition) is 4. The molecule has 0 aliphatic rings. The van der Waals surface area contributed by atoms with Gasteiger partial charge in [0.1, 0.15) is 17.4 Å². The van der Waals surface area contributed by atoms with E-state index >= 15 is 0 Å². The van der Waals surface area contributed by atoms with E-state index in [4.69, 9.17) is 4.74 Å². The predicted octanol–water partition coefficient (Wildman–Crippen LogP) is 3.49. The van der Waals surface area contributed by atoms with E-state index in [1.165, 1.54) is 13.2 Å². The van der Waals surface area contributed by atoms with E-state index in [0.717, 1.165) is 5.56 Å². The first kappa shape index (κ1) is 18.0. The fraction of sp³-hybridized carbons (Fsp3) is 0.0952. The summed E-state index contributed by atoms with van der Waals surface area (Å²) in [6.07, 6.45) is 4.93. The van der Waals surface area contributed by atoms with Crippen molar-refractivity contribution >= 4 is 17.7 Å². The van der Waals surface area contributed by atoms with Gasteiger partial charge in [-0.05, 0) is 23.8 Å². The molecule has 0 atom stereocenters. The first-order valence-corrected chi connectivity index (χ1v) is 8.32. The molecule has 0 unspecified atom stereocenters. The maximum atomic E-state index is 12.4. The zero-order valence-corrected chi connectivity index (χ0v) is 14.8. The van der Waals surface area contributed by atoms with Crippen molar-refractivity contribution in [2.24, 2.45) is 0 Å². The molecule has 6 nitrogen and oxygen atoms in total. The number of nitrogens with zero attached hydrogens (tertiary/aromatic N) is 3. The van der Waals surface area contributed by atoms with Gasteiger partial charge in [-0.3, -0.25) is 9.48 Å². The monoisotopic (exact) mass is 358 g/mol. The maximum Gasteiger partial charge on any atom is 0.266 e. The van der Waals surface area contributed by atoms with Crippen LogP contribution >= 0.6 is 0 Å². The van der Waals surface area contributed by atoms with E-state index < -0.39 is 5.91 Å². The number of methoxy groups -OCH3 is 1. The SMILES string of the molecule is COc1ccccc1NC(=O)/C(C#N)=C/c1cnn(Cc2ccccc2)c1. The van der Waals surface area contributed by atoms with Crippen molar-refractivity contribution in [1.29, 1.82) is 5.26 Å². The summed E-state index contributed by atoms with van der Waals surface area (Å²) in [7, 11) is 1.52. The predicted molar refractivity (Wildman–Crippen MR) is 103 cm³/mol. The van der Waals surface area contributed by atoms with E-state index in [1.54, 1.807) is 41.3 Å². The molecule has 1 amide bonds. The largest absolute Gasteiger partial charge is 0.495 e. The van der Waals surface area contributed by atoms with Gasteiger partial charge in [0.05, 0.1) is 25.5 Å². The molecule has 3 rings (SSSR count). The zero-order valence-electron chi connectivity index (χ0n) is 14.8. The van der Waals surface area contributed by atoms with Gasteiger partial charge in [-0.25, -0.2) is 0 Å². The minimum atomic E-state index is -0.502. The summed E-state index contributed by atoms with van der Waals surface area (Å²) < 4.78 is 6.97. The summed E-state index contributed by atoms with van der Waals surface area (Å²) in [5, 5.41) is 16.3. The van der Waals surface area contributed by atoms with Crippen LogP contribution in [0, 0.1) is 11.3 Å². The van der Waals surface area contributed by atoms with Crippen molar-refractivity contribution < 1.29 is 9.53 Å². The highest BCUT2D eigenvalue weighted by Gasteiger charge is 2.12. The molecule has 0 saturated heterocycles. The molecule has 27 heavy (non-hydrogen) atoms. The van der Waals surface area contributed by atoms with Crippen molar-refractivity contribution in [3.8, 4) is 11.8 Å². The second-order valence-electron chi connectivity index (χ2n) is 5.78. The molecule has 0 aliphatic carbocycles. The lowest BCUT2D eigenvalue weighted by molar-refractivity contribution is -0.112. The van der Waals surface area contributed by atoms with Crippen LogP contribution in [0.4, 0.5) is 5.69 Å². The number of nitrogens with one attached hydrogen (secondary N) is 1. The van der Waals surface area contributed by atoms with Crippen LogP contribution in [0.25, 0.3) is 6.08 Å². The summed E-state index contributed by atoms with van der Waals surface area (Å²) in [5.74, 6) is 0.0247. The Morgan fingerprint density at radius 3 is 2.70 bits per heavy atom. The second kappa shape index (κ2) is 8.50. The number of aromatic nitrogens is 2. The van der Waals surface area contributed by atoms with Crippen LogP contribution in [0.3, 0.4) is 0 Å². The smallest absolute Gasteiger partial charge is 0.266 e. The lowest BCUT2D eigenvalue weighted by Crippen LogP contribution is -2.14. The number of hydrogen-bond donors (Lipinski definition) is 1. The van der Waals surface area contributed by atoms with Gasteiger partial charge in [0.25, 0.3) is 5.91 Å². The molecule has 0 aliphatic heterocycles. The molecule has 6 heteroatoms. The Balaban J connectivity index is 1.74. The minimum absolute atomic E-state index is 0.0137. The van der Waals surface area contributed by atoms with Crippen LogP contribution in [0.5, 0.6) is 5.75 Å². The van der Waals surface area contributed by atoms with Crippen molar-refractivity contribution in [3.05, 3.63) is 83.7 Å². The van der Waals surface area contributed by atoms with Crippen LogP contribution in [0.1, 0.15) is 11.1 Å². The van der Waals surface area contributed by atoms with Crippen molar-refractivity contribution in [2.45, 2.75) is 6.54 Å². The summed E-state index contributed by atoms with van der Waals surface area (Å²) in [6, 6.07) is 18.9. The molecule has 3 aromatic rings. The Bertz CT molecular complexity index is 1000. The van der Waals surface area contributed by atoms with Crippen LogP contribution in [0.15, 0.2) is 72.6 Å². The third-order valence-electron chi connectivity index (χ3n) is 3.87. The Hall–Kier alpha value is -3.85. The number of carbonyl (C=O) groups excluding carboxylic acids is 1. The fourth-order valence-electron chi connectivity index (χ4n) is 2.56. The highest BCUT2D eigenvalue weighted by Crippen LogP contribution is 2.23. The molecule has 1 heterocycles. The number of benzene rings is 2. The van der Waals surface area contributed by atoms with Crippen LogP contribution < -0.4 is 10.1 Å². The van der Waals surface area contributed by atoms with Gasteiger partial charge in [0.15, 0.2) is 0 Å². The Morgan fingerprint density at radius 1 is 1.22 bits per heavy atom. The zero-order chi connectivity index (χ0) is 19.1. The summed E-state index contributed by atoms with van der Waals surface area (Å²) >= 11 is 0. The van der Waals surface area contributed by atoms with E-state index in [1.807, 2.05) is 36.4 Å². The Kier molecular flexibility index (Phi) is 5.65. The van der Waals surface area contributed by atoms with E-state index in [0.29, 0.717) is 23.5 Å². The third kappa shape index (κ3) is 4.61. The number of rotatable bonds is 6. The lowest BCUT2D eigenvalue weighted by atomic mass is 10.2.